The van der Waals surface area contributed by atoms with Crippen molar-refractivity contribution in [2.75, 3.05) is 20.3 Å². The van der Waals surface area contributed by atoms with Crippen LogP contribution in [0.25, 0.3) is 0 Å². The molecule has 0 aromatic carbocycles. The molecule has 1 aromatic rings. The molecule has 0 radical (unpaired) electrons. The van der Waals surface area contributed by atoms with Gasteiger partial charge >= 0.3 is 5.97 Å². The molecule has 0 amide bonds. The van der Waals surface area contributed by atoms with Crippen molar-refractivity contribution in [1.29, 1.82) is 0 Å². The fraction of sp³-hybridized carbons (Fsp3) is 0.545. The van der Waals surface area contributed by atoms with Crippen LogP contribution in [0.4, 0.5) is 0 Å². The molecule has 1 aliphatic rings. The molecular weight excluding hydrogens is 272 g/mol. The van der Waals surface area contributed by atoms with E-state index in [-0.39, 0.29) is 16.6 Å². The van der Waals surface area contributed by atoms with Crippen LogP contribution in [0.5, 0.6) is 0 Å². The smallest absolute Gasteiger partial charge is 0.352 e. The van der Waals surface area contributed by atoms with Gasteiger partial charge in [0.15, 0.2) is 0 Å². The van der Waals surface area contributed by atoms with Crippen LogP contribution in [0.2, 0.25) is 0 Å². The summed E-state index contributed by atoms with van der Waals surface area (Å²) in [5.41, 5.74) is -0.0605. The van der Waals surface area contributed by atoms with E-state index in [1.165, 1.54) is 35.2 Å². The third kappa shape index (κ3) is 2.51. The van der Waals surface area contributed by atoms with Crippen LogP contribution in [0, 0.1) is 0 Å². The van der Waals surface area contributed by atoms with Crippen molar-refractivity contribution < 1.29 is 23.1 Å². The lowest BCUT2D eigenvalue weighted by atomic mass is 10.3. The summed E-state index contributed by atoms with van der Waals surface area (Å²) in [6.07, 6.45) is 1.96. The van der Waals surface area contributed by atoms with Gasteiger partial charge in [-0.15, -0.1) is 0 Å². The van der Waals surface area contributed by atoms with Gasteiger partial charge in [-0.3, -0.25) is 0 Å². The van der Waals surface area contributed by atoms with E-state index in [0.29, 0.717) is 19.6 Å². The van der Waals surface area contributed by atoms with Crippen LogP contribution in [0.1, 0.15) is 16.9 Å². The van der Waals surface area contributed by atoms with Crippen molar-refractivity contribution in [3.8, 4) is 0 Å². The molecule has 2 rings (SSSR count). The molecule has 0 spiro atoms. The Labute approximate surface area is 111 Å². The highest BCUT2D eigenvalue weighted by Gasteiger charge is 2.32. The van der Waals surface area contributed by atoms with Crippen molar-refractivity contribution in [2.45, 2.75) is 17.4 Å². The summed E-state index contributed by atoms with van der Waals surface area (Å²) in [5.74, 6) is -1.16. The topological polar surface area (TPSA) is 88.8 Å². The van der Waals surface area contributed by atoms with E-state index in [4.69, 9.17) is 9.84 Å². The number of aromatic nitrogens is 1. The van der Waals surface area contributed by atoms with Crippen LogP contribution in [-0.4, -0.2) is 54.7 Å². The molecule has 0 saturated carbocycles. The van der Waals surface area contributed by atoms with Gasteiger partial charge in [0.05, 0.1) is 12.6 Å². The number of carboxylic acid groups (broad SMARTS) is 1. The Hall–Kier alpha value is -1.38. The molecule has 0 bridgehead atoms. The number of nitrogens with zero attached hydrogens (tertiary/aromatic N) is 2. The number of sulfonamides is 1. The minimum atomic E-state index is -3.69. The quantitative estimate of drug-likeness (QED) is 0.851. The fourth-order valence-corrected chi connectivity index (χ4v) is 3.50. The van der Waals surface area contributed by atoms with Crippen molar-refractivity contribution in [2.24, 2.45) is 7.05 Å². The molecule has 1 atom stereocenters. The highest BCUT2D eigenvalue weighted by molar-refractivity contribution is 7.89. The van der Waals surface area contributed by atoms with E-state index in [2.05, 4.69) is 0 Å². The summed E-state index contributed by atoms with van der Waals surface area (Å²) in [5, 5.41) is 8.95. The minimum absolute atomic E-state index is 0.0122. The Morgan fingerprint density at radius 1 is 1.58 bits per heavy atom. The Balaban J connectivity index is 2.33. The number of ether oxygens (including phenoxy) is 1. The molecule has 1 N–H and O–H groups in total. The molecule has 7 nitrogen and oxygen atoms in total. The Morgan fingerprint density at radius 2 is 2.26 bits per heavy atom. The van der Waals surface area contributed by atoms with E-state index < -0.39 is 16.0 Å². The Morgan fingerprint density at radius 3 is 2.74 bits per heavy atom. The first kappa shape index (κ1) is 14.0. The van der Waals surface area contributed by atoms with Gasteiger partial charge in [0.25, 0.3) is 0 Å². The van der Waals surface area contributed by atoms with E-state index in [1.54, 1.807) is 0 Å². The van der Waals surface area contributed by atoms with Crippen molar-refractivity contribution in [1.82, 2.24) is 8.87 Å². The first-order valence-electron chi connectivity index (χ1n) is 5.79. The average Bonchev–Trinajstić information content (AvgIpc) is 2.96. The van der Waals surface area contributed by atoms with Gasteiger partial charge in [-0.25, -0.2) is 13.2 Å². The summed E-state index contributed by atoms with van der Waals surface area (Å²) in [6, 6.07) is 0.975. The average molecular weight is 288 g/mol. The summed E-state index contributed by atoms with van der Waals surface area (Å²) >= 11 is 0. The predicted molar refractivity (Wildman–Crippen MR) is 66.5 cm³/mol. The molecular formula is C11H16N2O5S. The number of carboxylic acids is 1. The van der Waals surface area contributed by atoms with Gasteiger partial charge in [0, 0.05) is 26.9 Å². The fourth-order valence-electron chi connectivity index (χ4n) is 2.06. The SMILES string of the molecule is CN(C1CCOC1)S(=O)(=O)c1cc(C(=O)O)n(C)c1. The summed E-state index contributed by atoms with van der Waals surface area (Å²) in [4.78, 5) is 10.9. The summed E-state index contributed by atoms with van der Waals surface area (Å²) in [7, 11) is -0.699. The molecule has 1 unspecified atom stereocenters. The number of hydrogen-bond acceptors (Lipinski definition) is 4. The lowest BCUT2D eigenvalue weighted by Crippen LogP contribution is -2.37. The van der Waals surface area contributed by atoms with Gasteiger partial charge in [-0.2, -0.15) is 4.31 Å². The van der Waals surface area contributed by atoms with E-state index in [0.717, 1.165) is 0 Å². The van der Waals surface area contributed by atoms with Crippen LogP contribution in [0.15, 0.2) is 17.2 Å². The molecule has 2 heterocycles. The van der Waals surface area contributed by atoms with Crippen molar-refractivity contribution >= 4 is 16.0 Å². The zero-order valence-corrected chi connectivity index (χ0v) is 11.6. The van der Waals surface area contributed by atoms with Gasteiger partial charge in [-0.05, 0) is 12.5 Å². The molecule has 0 aliphatic carbocycles. The number of likely N-dealkylation sites (N-methyl/N-ethyl adjacent to an activating group) is 1. The standard InChI is InChI=1S/C11H16N2O5S/c1-12-6-9(5-10(12)11(14)15)19(16,17)13(2)8-3-4-18-7-8/h5-6,8H,3-4,7H2,1-2H3,(H,14,15). The lowest BCUT2D eigenvalue weighted by molar-refractivity contribution is 0.0686. The lowest BCUT2D eigenvalue weighted by Gasteiger charge is -2.21. The predicted octanol–water partition coefficient (Wildman–Crippen LogP) is 0.133. The van der Waals surface area contributed by atoms with Gasteiger partial charge in [0.2, 0.25) is 10.0 Å². The van der Waals surface area contributed by atoms with E-state index in [9.17, 15) is 13.2 Å². The molecule has 106 valence electrons. The molecule has 1 aromatic heterocycles. The minimum Gasteiger partial charge on any atom is -0.477 e. The van der Waals surface area contributed by atoms with E-state index >= 15 is 0 Å². The molecule has 1 saturated heterocycles. The maximum Gasteiger partial charge on any atom is 0.352 e. The summed E-state index contributed by atoms with van der Waals surface area (Å²) in [6.45, 7) is 0.911. The first-order valence-corrected chi connectivity index (χ1v) is 7.23. The highest BCUT2D eigenvalue weighted by atomic mass is 32.2. The van der Waals surface area contributed by atoms with Gasteiger partial charge in [0.1, 0.15) is 10.6 Å². The van der Waals surface area contributed by atoms with Gasteiger partial charge < -0.3 is 14.4 Å². The first-order chi connectivity index (χ1) is 8.84. The van der Waals surface area contributed by atoms with Crippen LogP contribution in [0.3, 0.4) is 0 Å². The monoisotopic (exact) mass is 288 g/mol. The van der Waals surface area contributed by atoms with E-state index in [1.807, 2.05) is 0 Å². The van der Waals surface area contributed by atoms with Crippen LogP contribution >= 0.6 is 0 Å². The number of hydrogen-bond donors (Lipinski definition) is 1. The molecule has 1 aliphatic heterocycles. The molecule has 1 fully saturated rings. The highest BCUT2D eigenvalue weighted by Crippen LogP contribution is 2.22. The third-order valence-electron chi connectivity index (χ3n) is 3.30. The number of aromatic carboxylic acids is 1. The van der Waals surface area contributed by atoms with Gasteiger partial charge in [-0.1, -0.05) is 0 Å². The molecule has 19 heavy (non-hydrogen) atoms. The second-order valence-corrected chi connectivity index (χ2v) is 6.51. The zero-order chi connectivity index (χ0) is 14.2. The zero-order valence-electron chi connectivity index (χ0n) is 10.7. The second-order valence-electron chi connectivity index (χ2n) is 4.52. The Bertz CT molecular complexity index is 586. The maximum absolute atomic E-state index is 12.4. The maximum atomic E-state index is 12.4. The summed E-state index contributed by atoms with van der Waals surface area (Å²) < 4.78 is 32.5. The van der Waals surface area contributed by atoms with Crippen molar-refractivity contribution in [3.05, 3.63) is 18.0 Å². The largest absolute Gasteiger partial charge is 0.477 e. The third-order valence-corrected chi connectivity index (χ3v) is 5.17. The molecule has 8 heteroatoms. The number of rotatable bonds is 4. The number of carbonyl (C=O) groups is 1. The van der Waals surface area contributed by atoms with Crippen molar-refractivity contribution in [3.63, 3.8) is 0 Å². The van der Waals surface area contributed by atoms with Crippen LogP contribution < -0.4 is 0 Å². The van der Waals surface area contributed by atoms with Crippen LogP contribution in [-0.2, 0) is 21.8 Å². The normalized spacial score (nSPS) is 20.1. The second kappa shape index (κ2) is 4.95. The Kier molecular flexibility index (Phi) is 3.66. The number of aryl methyl sites for hydroxylation is 1.